The van der Waals surface area contributed by atoms with Gasteiger partial charge in [-0.2, -0.15) is 0 Å². The van der Waals surface area contributed by atoms with Crippen LogP contribution in [0.15, 0.2) is 58.3 Å². The van der Waals surface area contributed by atoms with Gasteiger partial charge in [-0.15, -0.1) is 24.4 Å². The zero-order valence-electron chi connectivity index (χ0n) is 10.6. The van der Waals surface area contributed by atoms with Crippen molar-refractivity contribution in [3.63, 3.8) is 0 Å². The quantitative estimate of drug-likeness (QED) is 0.660. The first-order valence-corrected chi connectivity index (χ1v) is 7.56. The van der Waals surface area contributed by atoms with Crippen molar-refractivity contribution in [2.24, 2.45) is 0 Å². The number of nitrogens with one attached hydrogen (secondary N) is 1. The predicted octanol–water partition coefficient (Wildman–Crippen LogP) is 3.88. The fourth-order valence-electron chi connectivity index (χ4n) is 1.68. The van der Waals surface area contributed by atoms with E-state index in [-0.39, 0.29) is 5.91 Å². The molecule has 0 radical (unpaired) electrons. The Balaban J connectivity index is 1.95. The van der Waals surface area contributed by atoms with Crippen molar-refractivity contribution in [1.82, 2.24) is 0 Å². The third-order valence-electron chi connectivity index (χ3n) is 2.67. The molecule has 0 fully saturated rings. The summed E-state index contributed by atoms with van der Waals surface area (Å²) >= 11 is 5.90. The van der Waals surface area contributed by atoms with Gasteiger partial charge in [0.15, 0.2) is 0 Å². The Kier molecular flexibility index (Phi) is 4.93. The maximum absolute atomic E-state index is 11.9. The molecule has 0 saturated carbocycles. The molecular weight excluding hydrogens is 274 g/mol. The van der Waals surface area contributed by atoms with E-state index in [1.165, 1.54) is 4.90 Å². The van der Waals surface area contributed by atoms with Crippen LogP contribution in [0.25, 0.3) is 0 Å². The fourth-order valence-corrected chi connectivity index (χ4v) is 2.24. The van der Waals surface area contributed by atoms with Crippen LogP contribution >= 0.6 is 24.4 Å². The lowest BCUT2D eigenvalue weighted by atomic mass is 10.1. The number of anilines is 1. The zero-order chi connectivity index (χ0) is 13.7. The van der Waals surface area contributed by atoms with Gasteiger partial charge >= 0.3 is 0 Å². The number of hydrogen-bond donors (Lipinski definition) is 2. The molecule has 1 amide bonds. The molecule has 0 aromatic heterocycles. The normalized spacial score (nSPS) is 10.2. The van der Waals surface area contributed by atoms with E-state index in [1.54, 1.807) is 11.8 Å². The van der Waals surface area contributed by atoms with E-state index in [0.29, 0.717) is 6.42 Å². The first kappa shape index (κ1) is 14.0. The van der Waals surface area contributed by atoms with Crippen molar-refractivity contribution in [3.8, 4) is 0 Å². The molecule has 2 aromatic rings. The maximum atomic E-state index is 11.9. The Labute approximate surface area is 123 Å². The average molecular weight is 289 g/mol. The van der Waals surface area contributed by atoms with Gasteiger partial charge in [-0.3, -0.25) is 4.79 Å². The van der Waals surface area contributed by atoms with Crippen LogP contribution in [0.4, 0.5) is 5.69 Å². The lowest BCUT2D eigenvalue weighted by molar-refractivity contribution is -0.115. The van der Waals surface area contributed by atoms with Gasteiger partial charge in [0.2, 0.25) is 5.91 Å². The van der Waals surface area contributed by atoms with Crippen LogP contribution in [0.2, 0.25) is 0 Å². The van der Waals surface area contributed by atoms with Crippen LogP contribution in [0.5, 0.6) is 0 Å². The number of thiol groups is 1. The highest BCUT2D eigenvalue weighted by molar-refractivity contribution is 7.98. The largest absolute Gasteiger partial charge is 0.326 e. The molecule has 2 nitrogen and oxygen atoms in total. The molecule has 4 heteroatoms. The van der Waals surface area contributed by atoms with Crippen molar-refractivity contribution in [1.29, 1.82) is 0 Å². The van der Waals surface area contributed by atoms with Crippen molar-refractivity contribution in [3.05, 3.63) is 54.1 Å². The second-order valence-corrected chi connectivity index (χ2v) is 5.52. The van der Waals surface area contributed by atoms with Crippen LogP contribution in [0.3, 0.4) is 0 Å². The second kappa shape index (κ2) is 6.68. The molecular formula is C15H15NOS2. The molecule has 19 heavy (non-hydrogen) atoms. The molecule has 2 aromatic carbocycles. The van der Waals surface area contributed by atoms with E-state index >= 15 is 0 Å². The Morgan fingerprint density at radius 2 is 1.74 bits per heavy atom. The van der Waals surface area contributed by atoms with E-state index in [2.05, 4.69) is 17.9 Å². The number of carbonyl (C=O) groups is 1. The molecule has 0 atom stereocenters. The first-order chi connectivity index (χ1) is 9.17. The van der Waals surface area contributed by atoms with Crippen molar-refractivity contribution in [2.45, 2.75) is 16.2 Å². The Morgan fingerprint density at radius 3 is 2.32 bits per heavy atom. The van der Waals surface area contributed by atoms with Gasteiger partial charge in [-0.25, -0.2) is 0 Å². The standard InChI is InChI=1S/C15H15NOS2/c1-19-14-8-4-12(5-9-14)16-15(17)10-11-2-6-13(18)7-3-11/h2-9,18H,10H2,1H3,(H,16,17). The number of thioether (sulfide) groups is 1. The van der Waals surface area contributed by atoms with Crippen LogP contribution in [0.1, 0.15) is 5.56 Å². The summed E-state index contributed by atoms with van der Waals surface area (Å²) in [6, 6.07) is 15.4. The molecule has 0 aliphatic heterocycles. The van der Waals surface area contributed by atoms with Gasteiger partial charge < -0.3 is 5.32 Å². The van der Waals surface area contributed by atoms with Crippen LogP contribution in [-0.2, 0) is 11.2 Å². The highest BCUT2D eigenvalue weighted by atomic mass is 32.2. The number of carbonyl (C=O) groups excluding carboxylic acids is 1. The SMILES string of the molecule is CSc1ccc(NC(=O)Cc2ccc(S)cc2)cc1. The highest BCUT2D eigenvalue weighted by Crippen LogP contribution is 2.17. The van der Waals surface area contributed by atoms with Crippen LogP contribution in [-0.4, -0.2) is 12.2 Å². The maximum Gasteiger partial charge on any atom is 0.228 e. The van der Waals surface area contributed by atoms with Crippen molar-refractivity contribution < 1.29 is 4.79 Å². The molecule has 2 rings (SSSR count). The minimum atomic E-state index is -0.0104. The van der Waals surface area contributed by atoms with Gasteiger partial charge in [-0.05, 0) is 48.2 Å². The van der Waals surface area contributed by atoms with E-state index in [9.17, 15) is 4.79 Å². The molecule has 0 bridgehead atoms. The number of rotatable bonds is 4. The number of benzene rings is 2. The summed E-state index contributed by atoms with van der Waals surface area (Å²) in [4.78, 5) is 14.0. The van der Waals surface area contributed by atoms with Gasteiger partial charge in [0, 0.05) is 15.5 Å². The van der Waals surface area contributed by atoms with Crippen molar-refractivity contribution >= 4 is 36.0 Å². The molecule has 98 valence electrons. The van der Waals surface area contributed by atoms with Crippen LogP contribution < -0.4 is 5.32 Å². The monoisotopic (exact) mass is 289 g/mol. The van der Waals surface area contributed by atoms with Gasteiger partial charge in [0.05, 0.1) is 6.42 Å². The summed E-state index contributed by atoms with van der Waals surface area (Å²) in [5.74, 6) is -0.0104. The molecule has 0 heterocycles. The lowest BCUT2D eigenvalue weighted by Gasteiger charge is -2.06. The predicted molar refractivity (Wildman–Crippen MR) is 84.3 cm³/mol. The Morgan fingerprint density at radius 1 is 1.11 bits per heavy atom. The molecule has 0 aliphatic carbocycles. The summed E-state index contributed by atoms with van der Waals surface area (Å²) in [6.45, 7) is 0. The summed E-state index contributed by atoms with van der Waals surface area (Å²) < 4.78 is 0. The van der Waals surface area contributed by atoms with Gasteiger partial charge in [0.25, 0.3) is 0 Å². The Hall–Kier alpha value is -1.39. The zero-order valence-corrected chi connectivity index (χ0v) is 12.3. The van der Waals surface area contributed by atoms with E-state index < -0.39 is 0 Å². The molecule has 0 unspecified atom stereocenters. The summed E-state index contributed by atoms with van der Waals surface area (Å²) in [7, 11) is 0. The van der Waals surface area contributed by atoms with Gasteiger partial charge in [-0.1, -0.05) is 12.1 Å². The lowest BCUT2D eigenvalue weighted by Crippen LogP contribution is -2.14. The number of hydrogen-bond acceptors (Lipinski definition) is 3. The van der Waals surface area contributed by atoms with E-state index in [0.717, 1.165) is 16.1 Å². The summed E-state index contributed by atoms with van der Waals surface area (Å²) in [5, 5.41) is 2.89. The minimum absolute atomic E-state index is 0.0104. The highest BCUT2D eigenvalue weighted by Gasteiger charge is 2.04. The second-order valence-electron chi connectivity index (χ2n) is 4.12. The molecule has 0 saturated heterocycles. The van der Waals surface area contributed by atoms with E-state index in [4.69, 9.17) is 0 Å². The van der Waals surface area contributed by atoms with Crippen molar-refractivity contribution in [2.75, 3.05) is 11.6 Å². The average Bonchev–Trinajstić information content (AvgIpc) is 2.42. The fraction of sp³-hybridized carbons (Fsp3) is 0.133. The molecule has 1 N–H and O–H groups in total. The van der Waals surface area contributed by atoms with E-state index in [1.807, 2.05) is 54.8 Å². The molecule has 0 spiro atoms. The minimum Gasteiger partial charge on any atom is -0.326 e. The van der Waals surface area contributed by atoms with Gasteiger partial charge in [0.1, 0.15) is 0 Å². The smallest absolute Gasteiger partial charge is 0.228 e. The third-order valence-corrected chi connectivity index (χ3v) is 3.72. The number of amides is 1. The third kappa shape index (κ3) is 4.33. The van der Waals surface area contributed by atoms with Crippen LogP contribution in [0, 0.1) is 0 Å². The first-order valence-electron chi connectivity index (χ1n) is 5.89. The Bertz CT molecular complexity index is 549. The topological polar surface area (TPSA) is 29.1 Å². The summed E-state index contributed by atoms with van der Waals surface area (Å²) in [5.41, 5.74) is 1.81. The molecule has 0 aliphatic rings. The summed E-state index contributed by atoms with van der Waals surface area (Å²) in [6.07, 6.45) is 2.40.